The lowest BCUT2D eigenvalue weighted by Gasteiger charge is -2.19. The van der Waals surface area contributed by atoms with E-state index in [-0.39, 0.29) is 11.7 Å². The van der Waals surface area contributed by atoms with Gasteiger partial charge in [0.2, 0.25) is 0 Å². The summed E-state index contributed by atoms with van der Waals surface area (Å²) in [5.41, 5.74) is 6.21. The molecule has 1 aromatic heterocycles. The first kappa shape index (κ1) is 13.4. The maximum Gasteiger partial charge on any atom is 0.141 e. The number of rotatable bonds is 6. The maximum absolute atomic E-state index is 12.9. The lowest BCUT2D eigenvalue weighted by Crippen LogP contribution is -2.27. The zero-order valence-electron chi connectivity index (χ0n) is 9.80. The van der Waals surface area contributed by atoms with Gasteiger partial charge in [-0.1, -0.05) is 12.1 Å². The van der Waals surface area contributed by atoms with Gasteiger partial charge in [0.25, 0.3) is 0 Å². The highest BCUT2D eigenvalue weighted by Crippen LogP contribution is 2.05. The summed E-state index contributed by atoms with van der Waals surface area (Å²) in [6.45, 7) is 4.05. The largest absolute Gasteiger partial charge is 0.409 e. The lowest BCUT2D eigenvalue weighted by atomic mass is 10.2. The van der Waals surface area contributed by atoms with Crippen molar-refractivity contribution >= 4 is 5.84 Å². The van der Waals surface area contributed by atoms with Crippen LogP contribution in [0.25, 0.3) is 0 Å². The molecule has 0 aliphatic rings. The predicted octanol–water partition coefficient (Wildman–Crippen LogP) is 1.18. The predicted molar refractivity (Wildman–Crippen MR) is 63.2 cm³/mol. The molecule has 0 amide bonds. The van der Waals surface area contributed by atoms with Crippen molar-refractivity contribution in [3.63, 3.8) is 0 Å². The van der Waals surface area contributed by atoms with Gasteiger partial charge in [-0.3, -0.25) is 9.88 Å². The van der Waals surface area contributed by atoms with Crippen LogP contribution in [-0.2, 0) is 6.54 Å². The van der Waals surface area contributed by atoms with Crippen molar-refractivity contribution in [2.24, 2.45) is 10.9 Å². The summed E-state index contributed by atoms with van der Waals surface area (Å²) in [6, 6.07) is 1.46. The molecule has 5 nitrogen and oxygen atoms in total. The quantitative estimate of drug-likeness (QED) is 0.339. The molecule has 0 bridgehead atoms. The molecule has 17 heavy (non-hydrogen) atoms. The normalized spacial score (nSPS) is 12.1. The molecule has 0 unspecified atom stereocenters. The molecule has 1 heterocycles. The zero-order valence-corrected chi connectivity index (χ0v) is 9.80. The van der Waals surface area contributed by atoms with Crippen LogP contribution in [0, 0.1) is 5.82 Å². The Morgan fingerprint density at radius 2 is 2.35 bits per heavy atom. The Balaban J connectivity index is 2.52. The SMILES string of the molecule is CCN(CC/C(N)=N/O)Cc1cncc(F)c1. The number of hydrogen-bond acceptors (Lipinski definition) is 4. The Hall–Kier alpha value is -1.69. The fourth-order valence-electron chi connectivity index (χ4n) is 1.47. The third kappa shape index (κ3) is 4.78. The van der Waals surface area contributed by atoms with E-state index in [0.717, 1.165) is 12.1 Å². The minimum Gasteiger partial charge on any atom is -0.409 e. The molecule has 0 saturated heterocycles. The smallest absolute Gasteiger partial charge is 0.141 e. The number of pyridine rings is 1. The Labute approximate surface area is 99.7 Å². The van der Waals surface area contributed by atoms with Gasteiger partial charge in [-0.05, 0) is 18.2 Å². The molecular formula is C11H17FN4O. The molecule has 1 rings (SSSR count). The molecule has 0 radical (unpaired) electrons. The maximum atomic E-state index is 12.9. The first-order valence-corrected chi connectivity index (χ1v) is 5.44. The van der Waals surface area contributed by atoms with Crippen LogP contribution in [0.15, 0.2) is 23.6 Å². The van der Waals surface area contributed by atoms with Gasteiger partial charge in [-0.25, -0.2) is 4.39 Å². The van der Waals surface area contributed by atoms with E-state index >= 15 is 0 Å². The van der Waals surface area contributed by atoms with E-state index in [1.165, 1.54) is 12.3 Å². The molecule has 6 heteroatoms. The van der Waals surface area contributed by atoms with Crippen LogP contribution in [0.3, 0.4) is 0 Å². The Kier molecular flexibility index (Phi) is 5.35. The monoisotopic (exact) mass is 240 g/mol. The number of nitrogens with two attached hydrogens (primary N) is 1. The van der Waals surface area contributed by atoms with Crippen LogP contribution in [0.5, 0.6) is 0 Å². The fraction of sp³-hybridized carbons (Fsp3) is 0.455. The van der Waals surface area contributed by atoms with Crippen molar-refractivity contribution in [3.05, 3.63) is 29.8 Å². The van der Waals surface area contributed by atoms with E-state index in [9.17, 15) is 4.39 Å². The number of hydrogen-bond donors (Lipinski definition) is 2. The first-order valence-electron chi connectivity index (χ1n) is 5.44. The van der Waals surface area contributed by atoms with Gasteiger partial charge in [-0.2, -0.15) is 0 Å². The van der Waals surface area contributed by atoms with E-state index in [1.807, 2.05) is 6.92 Å². The first-order chi connectivity index (χ1) is 8.15. The second kappa shape index (κ2) is 6.80. The Bertz CT molecular complexity index is 383. The number of nitrogens with zero attached hydrogens (tertiary/aromatic N) is 3. The molecule has 0 spiro atoms. The molecule has 1 aromatic rings. The number of halogens is 1. The molecule has 0 aromatic carbocycles. The molecule has 0 atom stereocenters. The van der Waals surface area contributed by atoms with Gasteiger partial charge in [0.05, 0.1) is 6.20 Å². The molecule has 0 aliphatic carbocycles. The number of amidine groups is 1. The van der Waals surface area contributed by atoms with Crippen molar-refractivity contribution < 1.29 is 9.60 Å². The molecule has 94 valence electrons. The van der Waals surface area contributed by atoms with Crippen molar-refractivity contribution in [3.8, 4) is 0 Å². The van der Waals surface area contributed by atoms with Gasteiger partial charge in [-0.15, -0.1) is 0 Å². The number of oxime groups is 1. The molecule has 0 fully saturated rings. The Morgan fingerprint density at radius 1 is 1.59 bits per heavy atom. The second-order valence-electron chi connectivity index (χ2n) is 3.72. The summed E-state index contributed by atoms with van der Waals surface area (Å²) >= 11 is 0. The lowest BCUT2D eigenvalue weighted by molar-refractivity contribution is 0.282. The second-order valence-corrected chi connectivity index (χ2v) is 3.72. The average molecular weight is 240 g/mol. The third-order valence-electron chi connectivity index (χ3n) is 2.43. The summed E-state index contributed by atoms with van der Waals surface area (Å²) in [4.78, 5) is 5.86. The van der Waals surface area contributed by atoms with Gasteiger partial charge in [0.15, 0.2) is 0 Å². The van der Waals surface area contributed by atoms with Crippen LogP contribution >= 0.6 is 0 Å². The van der Waals surface area contributed by atoms with Crippen LogP contribution < -0.4 is 5.73 Å². The minimum absolute atomic E-state index is 0.195. The zero-order chi connectivity index (χ0) is 12.7. The Morgan fingerprint density at radius 3 is 2.94 bits per heavy atom. The summed E-state index contributed by atoms with van der Waals surface area (Å²) in [5.74, 6) is -0.143. The van der Waals surface area contributed by atoms with E-state index < -0.39 is 0 Å². The highest BCUT2D eigenvalue weighted by molar-refractivity contribution is 5.79. The van der Waals surface area contributed by atoms with E-state index in [4.69, 9.17) is 10.9 Å². The summed E-state index contributed by atoms with van der Waals surface area (Å²) in [5, 5.41) is 11.3. The summed E-state index contributed by atoms with van der Waals surface area (Å²) in [7, 11) is 0. The van der Waals surface area contributed by atoms with Gasteiger partial charge in [0, 0.05) is 25.7 Å². The van der Waals surface area contributed by atoms with Gasteiger partial charge in [0.1, 0.15) is 11.7 Å². The molecule has 3 N–H and O–H groups in total. The number of aromatic nitrogens is 1. The van der Waals surface area contributed by atoms with Crippen LogP contribution in [-0.4, -0.2) is 34.0 Å². The van der Waals surface area contributed by atoms with Gasteiger partial charge < -0.3 is 10.9 Å². The van der Waals surface area contributed by atoms with Crippen molar-refractivity contribution in [1.82, 2.24) is 9.88 Å². The van der Waals surface area contributed by atoms with Crippen molar-refractivity contribution in [1.29, 1.82) is 0 Å². The average Bonchev–Trinajstić information content (AvgIpc) is 2.34. The van der Waals surface area contributed by atoms with Crippen LogP contribution in [0.1, 0.15) is 18.9 Å². The van der Waals surface area contributed by atoms with Gasteiger partial charge >= 0.3 is 0 Å². The van der Waals surface area contributed by atoms with Crippen molar-refractivity contribution in [2.45, 2.75) is 19.9 Å². The highest BCUT2D eigenvalue weighted by atomic mass is 19.1. The third-order valence-corrected chi connectivity index (χ3v) is 2.43. The standard InChI is InChI=1S/C11H17FN4O/c1-2-16(4-3-11(13)15-17)8-9-5-10(12)7-14-6-9/h5-7,17H,2-4,8H2,1H3,(H2,13,15). The fourth-order valence-corrected chi connectivity index (χ4v) is 1.47. The molecule has 0 saturated carbocycles. The molecular weight excluding hydrogens is 223 g/mol. The van der Waals surface area contributed by atoms with Crippen LogP contribution in [0.4, 0.5) is 4.39 Å². The topological polar surface area (TPSA) is 74.7 Å². The highest BCUT2D eigenvalue weighted by Gasteiger charge is 2.06. The van der Waals surface area contributed by atoms with E-state index in [1.54, 1.807) is 6.20 Å². The van der Waals surface area contributed by atoms with Crippen LogP contribution in [0.2, 0.25) is 0 Å². The minimum atomic E-state index is -0.338. The van der Waals surface area contributed by atoms with Crippen molar-refractivity contribution in [2.75, 3.05) is 13.1 Å². The summed E-state index contributed by atoms with van der Waals surface area (Å²) in [6.07, 6.45) is 3.29. The summed E-state index contributed by atoms with van der Waals surface area (Å²) < 4.78 is 12.9. The van der Waals surface area contributed by atoms with E-state index in [0.29, 0.717) is 19.5 Å². The molecule has 0 aliphatic heterocycles. The van der Waals surface area contributed by atoms with E-state index in [2.05, 4.69) is 15.0 Å².